The van der Waals surface area contributed by atoms with Gasteiger partial charge >= 0.3 is 0 Å². The molecule has 1 unspecified atom stereocenters. The highest BCUT2D eigenvalue weighted by Gasteiger charge is 2.44. The molecular weight excluding hydrogens is 692 g/mol. The molecule has 1 saturated heterocycles. The maximum atomic E-state index is 13.1. The van der Waals surface area contributed by atoms with E-state index in [1.165, 1.54) is 38.4 Å². The number of rotatable bonds is 12. The van der Waals surface area contributed by atoms with Crippen molar-refractivity contribution in [3.8, 4) is 17.1 Å². The number of carbonyl (C=O) groups excluding carboxylic acids is 7. The third-order valence-electron chi connectivity index (χ3n) is 8.17. The summed E-state index contributed by atoms with van der Waals surface area (Å²) in [6, 6.07) is 9.79. The highest BCUT2D eigenvalue weighted by Crippen LogP contribution is 2.37. The Kier molecular flexibility index (Phi) is 10.0. The molecule has 0 aliphatic carbocycles. The lowest BCUT2D eigenvalue weighted by molar-refractivity contribution is -0.136. The quantitative estimate of drug-likeness (QED) is 0.105. The normalized spacial score (nSPS) is 15.0. The number of hydrogen-bond donors (Lipinski definition) is 6. The minimum Gasteiger partial charge on any atom is -0.494 e. The number of anilines is 4. The molecule has 6 rings (SSSR count). The fourth-order valence-corrected chi connectivity index (χ4v) is 5.67. The molecular formula is C33H32N12O8. The molecule has 1 atom stereocenters. The Morgan fingerprint density at radius 1 is 0.943 bits per heavy atom. The van der Waals surface area contributed by atoms with Crippen molar-refractivity contribution in [1.82, 2.24) is 45.8 Å². The van der Waals surface area contributed by atoms with Crippen LogP contribution in [0.15, 0.2) is 48.8 Å². The lowest BCUT2D eigenvalue weighted by Gasteiger charge is -2.27. The summed E-state index contributed by atoms with van der Waals surface area (Å²) in [5.41, 5.74) is 1.59. The Morgan fingerprint density at radius 2 is 1.74 bits per heavy atom. The molecule has 6 N–H and O–H groups in total. The molecule has 1 fully saturated rings. The van der Waals surface area contributed by atoms with Gasteiger partial charge in [0.15, 0.2) is 23.1 Å². The van der Waals surface area contributed by atoms with Gasteiger partial charge in [-0.1, -0.05) is 6.07 Å². The summed E-state index contributed by atoms with van der Waals surface area (Å²) in [5.74, 6) is -3.55. The molecule has 0 radical (unpaired) electrons. The summed E-state index contributed by atoms with van der Waals surface area (Å²) in [6.45, 7) is -0.748. The average Bonchev–Trinajstić information content (AvgIpc) is 3.69. The summed E-state index contributed by atoms with van der Waals surface area (Å²) in [5, 5.41) is 27.8. The zero-order valence-electron chi connectivity index (χ0n) is 28.5. The molecule has 272 valence electrons. The van der Waals surface area contributed by atoms with Gasteiger partial charge in [0.05, 0.1) is 48.3 Å². The molecule has 0 saturated carbocycles. The van der Waals surface area contributed by atoms with Crippen molar-refractivity contribution >= 4 is 64.2 Å². The van der Waals surface area contributed by atoms with Crippen molar-refractivity contribution in [3.63, 3.8) is 0 Å². The van der Waals surface area contributed by atoms with E-state index in [0.717, 1.165) is 4.90 Å². The SMILES string of the molecule is CNC(=O)c1nnc(NC(=O)CNC(=O)CNc2ccc3c(c2)C(=O)N(C2CCC(=O)NC2=O)C3=O)cc1Nc1cccc(-c2ncn(C)n2)c1OC. The highest BCUT2D eigenvalue weighted by molar-refractivity contribution is 6.23. The third kappa shape index (κ3) is 7.45. The van der Waals surface area contributed by atoms with Gasteiger partial charge in [-0.25, -0.2) is 4.98 Å². The highest BCUT2D eigenvalue weighted by atomic mass is 16.5. The maximum absolute atomic E-state index is 13.1. The summed E-state index contributed by atoms with van der Waals surface area (Å²) in [7, 11) is 4.63. The average molecular weight is 725 g/mol. The van der Waals surface area contributed by atoms with Gasteiger partial charge in [0, 0.05) is 32.3 Å². The molecule has 0 bridgehead atoms. The number of carbonyl (C=O) groups is 7. The number of benzene rings is 2. The van der Waals surface area contributed by atoms with Gasteiger partial charge in [-0.3, -0.25) is 48.5 Å². The second-order valence-electron chi connectivity index (χ2n) is 11.7. The minimum atomic E-state index is -1.10. The van der Waals surface area contributed by atoms with Gasteiger partial charge in [0.1, 0.15) is 12.4 Å². The zero-order chi connectivity index (χ0) is 37.8. The summed E-state index contributed by atoms with van der Waals surface area (Å²) < 4.78 is 7.19. The van der Waals surface area contributed by atoms with Crippen LogP contribution in [0.25, 0.3) is 11.4 Å². The van der Waals surface area contributed by atoms with Crippen molar-refractivity contribution in [1.29, 1.82) is 0 Å². The van der Waals surface area contributed by atoms with Crippen LogP contribution in [0, 0.1) is 0 Å². The second kappa shape index (κ2) is 14.9. The van der Waals surface area contributed by atoms with E-state index in [4.69, 9.17) is 4.74 Å². The molecule has 2 aliphatic rings. The number of methoxy groups -OCH3 is 1. The number of aromatic nitrogens is 5. The van der Waals surface area contributed by atoms with E-state index in [9.17, 15) is 33.6 Å². The number of para-hydroxylation sites is 1. The minimum absolute atomic E-state index is 0.00394. The van der Waals surface area contributed by atoms with Gasteiger partial charge in [0.2, 0.25) is 23.6 Å². The summed E-state index contributed by atoms with van der Waals surface area (Å²) in [4.78, 5) is 92.9. The van der Waals surface area contributed by atoms with E-state index in [2.05, 4.69) is 52.2 Å². The Balaban J connectivity index is 1.06. The van der Waals surface area contributed by atoms with Gasteiger partial charge in [0.25, 0.3) is 17.7 Å². The summed E-state index contributed by atoms with van der Waals surface area (Å²) in [6.07, 6.45) is 1.56. The largest absolute Gasteiger partial charge is 0.494 e. The molecule has 7 amide bonds. The van der Waals surface area contributed by atoms with Gasteiger partial charge in [-0.2, -0.15) is 5.10 Å². The Morgan fingerprint density at radius 3 is 2.45 bits per heavy atom. The first-order chi connectivity index (χ1) is 25.5. The van der Waals surface area contributed by atoms with Crippen LogP contribution >= 0.6 is 0 Å². The number of hydrogen-bond acceptors (Lipinski definition) is 14. The lowest BCUT2D eigenvalue weighted by atomic mass is 10.0. The fraction of sp³-hybridized carbons (Fsp3) is 0.242. The van der Waals surface area contributed by atoms with Crippen LogP contribution in [0.2, 0.25) is 0 Å². The van der Waals surface area contributed by atoms with Gasteiger partial charge < -0.3 is 31.3 Å². The Bertz CT molecular complexity index is 2180. The predicted molar refractivity (Wildman–Crippen MR) is 185 cm³/mol. The van der Waals surface area contributed by atoms with Crippen LogP contribution in [0.5, 0.6) is 5.75 Å². The number of imide groups is 2. The first kappa shape index (κ1) is 35.6. The molecule has 20 nitrogen and oxygen atoms in total. The second-order valence-corrected chi connectivity index (χ2v) is 11.7. The zero-order valence-corrected chi connectivity index (χ0v) is 28.5. The first-order valence-electron chi connectivity index (χ1n) is 16.0. The maximum Gasteiger partial charge on any atom is 0.273 e. The van der Waals surface area contributed by atoms with E-state index in [-0.39, 0.29) is 47.7 Å². The van der Waals surface area contributed by atoms with E-state index < -0.39 is 53.9 Å². The molecule has 0 spiro atoms. The third-order valence-corrected chi connectivity index (χ3v) is 8.17. The van der Waals surface area contributed by atoms with Crippen molar-refractivity contribution in [3.05, 3.63) is 65.6 Å². The molecule has 2 aromatic carbocycles. The van der Waals surface area contributed by atoms with E-state index >= 15 is 0 Å². The monoisotopic (exact) mass is 724 g/mol. The number of ether oxygens (including phenoxy) is 1. The summed E-state index contributed by atoms with van der Waals surface area (Å²) >= 11 is 0. The van der Waals surface area contributed by atoms with Crippen LogP contribution in [-0.4, -0.2) is 105 Å². The number of piperidine rings is 1. The number of nitrogens with zero attached hydrogens (tertiary/aromatic N) is 6. The number of aryl methyl sites for hydroxylation is 1. The van der Waals surface area contributed by atoms with E-state index in [1.807, 2.05) is 0 Å². The van der Waals surface area contributed by atoms with Crippen LogP contribution in [0.3, 0.4) is 0 Å². The molecule has 2 aromatic heterocycles. The first-order valence-corrected chi connectivity index (χ1v) is 16.0. The van der Waals surface area contributed by atoms with Crippen LogP contribution in [0.4, 0.5) is 22.9 Å². The Labute approximate surface area is 300 Å². The molecule has 4 heterocycles. The fourth-order valence-electron chi connectivity index (χ4n) is 5.67. The standard InChI is InChI=1S/C33H32N12O8/c1-34-31(50)27-21(38-20-6-4-5-18(28(20)53-3)29-37-15-44(2)43-29)12-23(41-42-27)39-26(48)14-36-25(47)13-35-16-7-8-17-19(11-16)33(52)45(32(17)51)22-9-10-24(46)40-30(22)49/h4-8,11-12,15,22,35H,9-10,13-14H2,1-3H3,(H,34,50)(H,36,47)(H,40,46,49)(H2,38,39,41,48). The smallest absolute Gasteiger partial charge is 0.273 e. The molecule has 4 aromatic rings. The van der Waals surface area contributed by atoms with Crippen LogP contribution < -0.4 is 36.6 Å². The van der Waals surface area contributed by atoms with Crippen molar-refractivity contribution < 1.29 is 38.3 Å². The number of fused-ring (bicyclic) bond motifs is 1. The van der Waals surface area contributed by atoms with Gasteiger partial charge in [-0.15, -0.1) is 10.2 Å². The molecule has 2 aliphatic heterocycles. The van der Waals surface area contributed by atoms with Crippen LogP contribution in [0.1, 0.15) is 44.0 Å². The van der Waals surface area contributed by atoms with Crippen molar-refractivity contribution in [2.24, 2.45) is 7.05 Å². The molecule has 20 heteroatoms. The Hall–Kier alpha value is -7.25. The topological polar surface area (TPSA) is 261 Å². The van der Waals surface area contributed by atoms with Crippen molar-refractivity contribution in [2.45, 2.75) is 18.9 Å². The van der Waals surface area contributed by atoms with Crippen LogP contribution in [-0.2, 0) is 26.2 Å². The lowest BCUT2D eigenvalue weighted by Crippen LogP contribution is -2.54. The van der Waals surface area contributed by atoms with Crippen molar-refractivity contribution in [2.75, 3.05) is 43.2 Å². The van der Waals surface area contributed by atoms with E-state index in [0.29, 0.717) is 28.5 Å². The number of amides is 7. The van der Waals surface area contributed by atoms with Gasteiger partial charge in [-0.05, 0) is 36.8 Å². The predicted octanol–water partition coefficient (Wildman–Crippen LogP) is -0.0481. The van der Waals surface area contributed by atoms with E-state index in [1.54, 1.807) is 36.3 Å². The number of nitrogens with one attached hydrogen (secondary N) is 6. The molecule has 53 heavy (non-hydrogen) atoms.